The van der Waals surface area contributed by atoms with Crippen molar-refractivity contribution in [2.75, 3.05) is 0 Å². The zero-order valence-electron chi connectivity index (χ0n) is 19.8. The summed E-state index contributed by atoms with van der Waals surface area (Å²) in [5, 5.41) is 0. The molecule has 0 amide bonds. The van der Waals surface area contributed by atoms with Crippen LogP contribution in [-0.2, 0) is 37.1 Å². The molecular weight excluding hydrogens is 452 g/mol. The summed E-state index contributed by atoms with van der Waals surface area (Å²) in [5.74, 6) is 0. The topological polar surface area (TPSA) is 0 Å². The van der Waals surface area contributed by atoms with E-state index in [1.807, 2.05) is 12.2 Å². The van der Waals surface area contributed by atoms with Crippen molar-refractivity contribution in [3.63, 3.8) is 0 Å². The number of allylic oxidation sites excluding steroid dienone is 8. The molecule has 0 heterocycles. The SMILES string of the molecule is CC1=[C-]CC(C)=C1C.C[C](C)=[Zr+2].[C-]1=CC=CC1.c1ccc(CCc2ccccc2)cc1. The molecule has 2 aromatic rings. The molecule has 0 aromatic heterocycles. The Morgan fingerprint density at radius 1 is 0.839 bits per heavy atom. The third-order valence-electron chi connectivity index (χ3n) is 4.80. The summed E-state index contributed by atoms with van der Waals surface area (Å²) in [7, 11) is 0. The molecule has 0 fully saturated rings. The molecule has 2 aromatic carbocycles. The van der Waals surface area contributed by atoms with Crippen molar-refractivity contribution in [1.29, 1.82) is 0 Å². The van der Waals surface area contributed by atoms with Crippen molar-refractivity contribution in [3.05, 3.63) is 119 Å². The first kappa shape index (κ1) is 27.2. The molecule has 2 aliphatic rings. The van der Waals surface area contributed by atoms with Crippen LogP contribution in [0, 0.1) is 12.2 Å². The van der Waals surface area contributed by atoms with Crippen molar-refractivity contribution in [2.45, 2.75) is 60.3 Å². The average molecular weight is 488 g/mol. The monoisotopic (exact) mass is 486 g/mol. The Labute approximate surface area is 205 Å². The van der Waals surface area contributed by atoms with E-state index in [1.54, 1.807) is 24.2 Å². The van der Waals surface area contributed by atoms with Gasteiger partial charge in [0.1, 0.15) is 0 Å². The van der Waals surface area contributed by atoms with Gasteiger partial charge in [-0.2, -0.15) is 17.2 Å². The van der Waals surface area contributed by atoms with Crippen molar-refractivity contribution in [2.24, 2.45) is 0 Å². The van der Waals surface area contributed by atoms with Crippen LogP contribution >= 0.6 is 0 Å². The molecule has 0 atom stereocenters. The van der Waals surface area contributed by atoms with E-state index in [0.717, 1.165) is 25.7 Å². The quantitative estimate of drug-likeness (QED) is 0.385. The summed E-state index contributed by atoms with van der Waals surface area (Å²) in [5.41, 5.74) is 7.07. The van der Waals surface area contributed by atoms with Crippen LogP contribution in [-0.4, -0.2) is 3.21 Å². The van der Waals surface area contributed by atoms with Gasteiger partial charge in [-0.05, 0) is 24.0 Å². The van der Waals surface area contributed by atoms with Gasteiger partial charge in [0, 0.05) is 0 Å². The standard InChI is InChI=1S/C14H14.C8H11.C5H5.C3H6.Zr/c1-3-7-13(8-4-1)11-12-14-9-5-2-6-10-14;1-6-4-5-7(2)8(6)3;1-2-4-5-3-1;1-3-2;/h1-10H,11-12H2;4H2,1-3H3;1-3H,4H2;1-2H3;/q;2*-1;;+2. The molecule has 0 saturated heterocycles. The van der Waals surface area contributed by atoms with Crippen molar-refractivity contribution < 1.29 is 24.2 Å². The zero-order chi connectivity index (χ0) is 22.9. The van der Waals surface area contributed by atoms with E-state index >= 15 is 0 Å². The summed E-state index contributed by atoms with van der Waals surface area (Å²) in [6, 6.07) is 21.2. The van der Waals surface area contributed by atoms with Gasteiger partial charge in [-0.25, -0.2) is 17.7 Å². The van der Waals surface area contributed by atoms with Crippen LogP contribution in [0.2, 0.25) is 0 Å². The van der Waals surface area contributed by atoms with Gasteiger partial charge in [0.05, 0.1) is 0 Å². The first-order valence-corrected chi connectivity index (χ1v) is 12.2. The minimum atomic E-state index is 1.01. The van der Waals surface area contributed by atoms with Crippen LogP contribution in [0.25, 0.3) is 0 Å². The Hall–Kier alpha value is -1.85. The fourth-order valence-electron chi connectivity index (χ4n) is 2.77. The molecule has 0 radical (unpaired) electrons. The van der Waals surface area contributed by atoms with E-state index in [-0.39, 0.29) is 0 Å². The van der Waals surface area contributed by atoms with Gasteiger partial charge in [0.2, 0.25) is 0 Å². The fraction of sp³-hybridized carbons (Fsp3) is 0.300. The third-order valence-corrected chi connectivity index (χ3v) is 4.80. The van der Waals surface area contributed by atoms with Crippen LogP contribution in [0.3, 0.4) is 0 Å². The van der Waals surface area contributed by atoms with Crippen LogP contribution < -0.4 is 0 Å². The van der Waals surface area contributed by atoms with E-state index in [0.29, 0.717) is 0 Å². The number of hydrogen-bond acceptors (Lipinski definition) is 0. The van der Waals surface area contributed by atoms with E-state index in [9.17, 15) is 0 Å². The number of rotatable bonds is 3. The van der Waals surface area contributed by atoms with Crippen LogP contribution in [0.5, 0.6) is 0 Å². The van der Waals surface area contributed by atoms with Crippen LogP contribution in [0.1, 0.15) is 58.6 Å². The average Bonchev–Trinajstić information content (AvgIpc) is 3.45. The maximum absolute atomic E-state index is 3.26. The molecule has 0 saturated carbocycles. The normalized spacial score (nSPS) is 13.3. The minimum absolute atomic E-state index is 1.01. The number of benzene rings is 2. The second-order valence-corrected chi connectivity index (χ2v) is 10.3. The smallest absolute Gasteiger partial charge is 0.0238 e. The molecule has 4 rings (SSSR count). The van der Waals surface area contributed by atoms with Gasteiger partial charge in [-0.3, -0.25) is 12.2 Å². The number of aryl methyl sites for hydroxylation is 2. The molecule has 160 valence electrons. The largest absolute Gasteiger partial charge is 0.273 e. The third kappa shape index (κ3) is 14.0. The molecule has 0 nitrogen and oxygen atoms in total. The van der Waals surface area contributed by atoms with Crippen molar-refractivity contribution >= 4 is 3.21 Å². The van der Waals surface area contributed by atoms with Crippen LogP contribution in [0.15, 0.2) is 95.6 Å². The van der Waals surface area contributed by atoms with E-state index < -0.39 is 0 Å². The molecule has 1 heteroatoms. The Kier molecular flexibility index (Phi) is 14.7. The van der Waals surface area contributed by atoms with E-state index in [1.165, 1.54) is 31.1 Å². The number of hydrogen-bond donors (Lipinski definition) is 0. The first-order valence-electron chi connectivity index (χ1n) is 11.0. The van der Waals surface area contributed by atoms with Gasteiger partial charge < -0.3 is 0 Å². The summed E-state index contributed by atoms with van der Waals surface area (Å²) < 4.78 is 1.51. The summed E-state index contributed by atoms with van der Waals surface area (Å²) in [6.07, 6.45) is 16.6. The molecule has 2 aliphatic carbocycles. The Balaban J connectivity index is 0.000000238. The molecule has 0 N–H and O–H groups in total. The molecular formula is C30H36Zr. The van der Waals surface area contributed by atoms with Gasteiger partial charge in [-0.15, -0.1) is 19.8 Å². The van der Waals surface area contributed by atoms with E-state index in [2.05, 4.69) is 114 Å². The molecule has 0 spiro atoms. The molecule has 0 bridgehead atoms. The first-order chi connectivity index (χ1) is 14.9. The summed E-state index contributed by atoms with van der Waals surface area (Å²) >= 11 is 1.55. The van der Waals surface area contributed by atoms with E-state index in [4.69, 9.17) is 0 Å². The van der Waals surface area contributed by atoms with Gasteiger partial charge >= 0.3 is 41.3 Å². The molecule has 0 aliphatic heterocycles. The minimum Gasteiger partial charge on any atom is -0.273 e. The summed E-state index contributed by atoms with van der Waals surface area (Å²) in [4.78, 5) is 0. The second-order valence-electron chi connectivity index (χ2n) is 7.86. The van der Waals surface area contributed by atoms with Crippen LogP contribution in [0.4, 0.5) is 0 Å². The Bertz CT molecular complexity index is 822. The second kappa shape index (κ2) is 16.8. The van der Waals surface area contributed by atoms with Gasteiger partial charge in [0.25, 0.3) is 0 Å². The predicted molar refractivity (Wildman–Crippen MR) is 134 cm³/mol. The fourth-order valence-corrected chi connectivity index (χ4v) is 2.77. The maximum Gasteiger partial charge on any atom is -0.0238 e. The van der Waals surface area contributed by atoms with Gasteiger partial charge in [0.15, 0.2) is 0 Å². The molecule has 0 unspecified atom stereocenters. The van der Waals surface area contributed by atoms with Crippen molar-refractivity contribution in [3.8, 4) is 0 Å². The predicted octanol–water partition coefficient (Wildman–Crippen LogP) is 8.00. The van der Waals surface area contributed by atoms with Gasteiger partial charge in [-0.1, -0.05) is 74.5 Å². The molecule has 31 heavy (non-hydrogen) atoms. The zero-order valence-corrected chi connectivity index (χ0v) is 22.3. The Morgan fingerprint density at radius 3 is 1.55 bits per heavy atom. The Morgan fingerprint density at radius 2 is 1.32 bits per heavy atom. The summed E-state index contributed by atoms with van der Waals surface area (Å²) in [6.45, 7) is 10.7. The van der Waals surface area contributed by atoms with Crippen molar-refractivity contribution in [1.82, 2.24) is 0 Å². The maximum atomic E-state index is 3.26.